The van der Waals surface area contributed by atoms with Crippen molar-refractivity contribution in [2.24, 2.45) is 0 Å². The Labute approximate surface area is 187 Å². The highest BCUT2D eigenvalue weighted by molar-refractivity contribution is 5.90. The van der Waals surface area contributed by atoms with Crippen molar-refractivity contribution in [1.82, 2.24) is 5.32 Å². The largest absolute Gasteiger partial charge is 0.487 e. The van der Waals surface area contributed by atoms with Crippen LogP contribution in [0.15, 0.2) is 42.5 Å². The number of urea groups is 1. The van der Waals surface area contributed by atoms with Crippen LogP contribution >= 0.6 is 0 Å². The van der Waals surface area contributed by atoms with Crippen molar-refractivity contribution in [2.75, 3.05) is 10.6 Å². The maximum absolute atomic E-state index is 12.7. The summed E-state index contributed by atoms with van der Waals surface area (Å²) in [5.74, 6) is 0.639. The first-order chi connectivity index (χ1) is 14.9. The Morgan fingerprint density at radius 1 is 1.09 bits per heavy atom. The zero-order valence-electron chi connectivity index (χ0n) is 18.9. The molecule has 2 aromatic rings. The van der Waals surface area contributed by atoms with Crippen LogP contribution in [-0.4, -0.2) is 23.3 Å². The van der Waals surface area contributed by atoms with Crippen LogP contribution < -0.4 is 20.7 Å². The van der Waals surface area contributed by atoms with E-state index in [1.807, 2.05) is 19.9 Å². The van der Waals surface area contributed by atoms with Gasteiger partial charge in [0.05, 0.1) is 17.7 Å². The van der Waals surface area contributed by atoms with Crippen molar-refractivity contribution in [2.45, 2.75) is 58.3 Å². The lowest BCUT2D eigenvalue weighted by atomic mass is 9.89. The van der Waals surface area contributed by atoms with Gasteiger partial charge in [0.1, 0.15) is 17.0 Å². The lowest BCUT2D eigenvalue weighted by Gasteiger charge is -2.38. The molecule has 0 radical (unpaired) electrons. The molecule has 1 aliphatic heterocycles. The van der Waals surface area contributed by atoms with E-state index in [2.05, 4.69) is 16.0 Å². The molecule has 0 saturated heterocycles. The van der Waals surface area contributed by atoms with Crippen molar-refractivity contribution >= 4 is 23.5 Å². The molecule has 3 N–H and O–H groups in total. The summed E-state index contributed by atoms with van der Waals surface area (Å²) in [6.07, 6.45) is -0.0194. The molecule has 0 aromatic heterocycles. The van der Waals surface area contributed by atoms with Crippen LogP contribution in [-0.2, 0) is 4.74 Å². The Hall–Kier alpha value is -3.73. The van der Waals surface area contributed by atoms with Gasteiger partial charge >= 0.3 is 12.1 Å². The van der Waals surface area contributed by atoms with Gasteiger partial charge in [-0.25, -0.2) is 9.59 Å². The van der Waals surface area contributed by atoms with Gasteiger partial charge in [0.2, 0.25) is 0 Å². The highest BCUT2D eigenvalue weighted by Gasteiger charge is 2.35. The number of rotatable bonds is 3. The van der Waals surface area contributed by atoms with E-state index < -0.39 is 17.3 Å². The average molecular weight is 437 g/mol. The van der Waals surface area contributed by atoms with Gasteiger partial charge in [-0.05, 0) is 77.1 Å². The molecule has 3 rings (SSSR count). The van der Waals surface area contributed by atoms with Crippen molar-refractivity contribution in [3.8, 4) is 11.8 Å². The molecule has 0 saturated carbocycles. The maximum Gasteiger partial charge on any atom is 0.412 e. The van der Waals surface area contributed by atoms with E-state index in [9.17, 15) is 9.59 Å². The Morgan fingerprint density at radius 3 is 2.38 bits per heavy atom. The molecule has 0 bridgehead atoms. The second-order valence-electron chi connectivity index (χ2n) is 9.29. The third kappa shape index (κ3) is 6.14. The second-order valence-corrected chi connectivity index (χ2v) is 9.29. The summed E-state index contributed by atoms with van der Waals surface area (Å²) < 4.78 is 11.4. The van der Waals surface area contributed by atoms with Crippen LogP contribution in [0.1, 0.15) is 58.2 Å². The second kappa shape index (κ2) is 8.79. The van der Waals surface area contributed by atoms with Gasteiger partial charge < -0.3 is 20.1 Å². The normalized spacial score (nSPS) is 16.6. The van der Waals surface area contributed by atoms with E-state index >= 15 is 0 Å². The first-order valence-electron chi connectivity index (χ1n) is 10.3. The fraction of sp³-hybridized carbons (Fsp3) is 0.375. The first-order valence-corrected chi connectivity index (χ1v) is 10.3. The van der Waals surface area contributed by atoms with Gasteiger partial charge in [-0.1, -0.05) is 0 Å². The standard InChI is InChI=1S/C24H28N4O4/c1-23(2,3)32-22(30)27-17-10-11-20-18(12-17)19(13-24(4,5)31-20)28-21(29)26-16-8-6-15(14-25)7-9-16/h6-12,19H,13H2,1-5H3,(H,27,30)(H2,26,28,29)/t19-/m0/s1. The maximum atomic E-state index is 12.7. The van der Waals surface area contributed by atoms with E-state index in [-0.39, 0.29) is 12.1 Å². The van der Waals surface area contributed by atoms with Gasteiger partial charge in [-0.3, -0.25) is 5.32 Å². The van der Waals surface area contributed by atoms with Crippen LogP contribution in [0.4, 0.5) is 21.0 Å². The average Bonchev–Trinajstić information content (AvgIpc) is 2.67. The molecule has 1 heterocycles. The monoisotopic (exact) mass is 436 g/mol. The zero-order chi connectivity index (χ0) is 23.5. The van der Waals surface area contributed by atoms with E-state index in [4.69, 9.17) is 14.7 Å². The number of nitriles is 1. The minimum atomic E-state index is -0.612. The predicted molar refractivity (Wildman–Crippen MR) is 122 cm³/mol. The fourth-order valence-electron chi connectivity index (χ4n) is 3.44. The number of nitrogens with zero attached hydrogens (tertiary/aromatic N) is 1. The zero-order valence-corrected chi connectivity index (χ0v) is 18.9. The number of nitrogens with one attached hydrogen (secondary N) is 3. The summed E-state index contributed by atoms with van der Waals surface area (Å²) in [5.41, 5.74) is 1.29. The molecule has 8 nitrogen and oxygen atoms in total. The molecular formula is C24H28N4O4. The molecule has 2 aromatic carbocycles. The minimum Gasteiger partial charge on any atom is -0.487 e. The number of hydrogen-bond acceptors (Lipinski definition) is 5. The number of carbonyl (C=O) groups excluding carboxylic acids is 2. The third-order valence-corrected chi connectivity index (χ3v) is 4.69. The molecule has 1 aliphatic rings. The Balaban J connectivity index is 1.76. The van der Waals surface area contributed by atoms with Gasteiger partial charge in [0.25, 0.3) is 0 Å². The molecule has 3 amide bonds. The number of fused-ring (bicyclic) bond motifs is 1. The number of ether oxygens (including phenoxy) is 2. The molecule has 168 valence electrons. The van der Waals surface area contributed by atoms with Gasteiger partial charge in [0.15, 0.2) is 0 Å². The van der Waals surface area contributed by atoms with Crippen molar-refractivity contribution in [1.29, 1.82) is 5.26 Å². The number of hydrogen-bond donors (Lipinski definition) is 3. The smallest absolute Gasteiger partial charge is 0.412 e. The van der Waals surface area contributed by atoms with Crippen molar-refractivity contribution < 1.29 is 19.1 Å². The Kier molecular flexibility index (Phi) is 6.30. The summed E-state index contributed by atoms with van der Waals surface area (Å²) in [5, 5.41) is 17.4. The van der Waals surface area contributed by atoms with E-state index in [1.54, 1.807) is 63.2 Å². The molecular weight excluding hydrogens is 408 g/mol. The lowest BCUT2D eigenvalue weighted by molar-refractivity contribution is 0.0631. The number of amides is 3. The summed E-state index contributed by atoms with van der Waals surface area (Å²) in [6, 6.07) is 13.2. The molecule has 0 spiro atoms. The molecule has 0 unspecified atom stereocenters. The van der Waals surface area contributed by atoms with Gasteiger partial charge in [-0.2, -0.15) is 5.26 Å². The molecule has 0 fully saturated rings. The van der Waals surface area contributed by atoms with Gasteiger partial charge in [-0.15, -0.1) is 0 Å². The van der Waals surface area contributed by atoms with Crippen LogP contribution in [0.2, 0.25) is 0 Å². The summed E-state index contributed by atoms with van der Waals surface area (Å²) in [4.78, 5) is 24.8. The highest BCUT2D eigenvalue weighted by Crippen LogP contribution is 2.40. The third-order valence-electron chi connectivity index (χ3n) is 4.69. The minimum absolute atomic E-state index is 0.340. The fourth-order valence-corrected chi connectivity index (χ4v) is 3.44. The van der Waals surface area contributed by atoms with Crippen molar-refractivity contribution in [3.63, 3.8) is 0 Å². The van der Waals surface area contributed by atoms with Crippen LogP contribution in [0.25, 0.3) is 0 Å². The lowest BCUT2D eigenvalue weighted by Crippen LogP contribution is -2.42. The van der Waals surface area contributed by atoms with Crippen LogP contribution in [0.3, 0.4) is 0 Å². The highest BCUT2D eigenvalue weighted by atomic mass is 16.6. The number of anilines is 2. The SMILES string of the molecule is CC(C)(C)OC(=O)Nc1ccc2c(c1)[C@@H](NC(=O)Nc1ccc(C#N)cc1)CC(C)(C)O2. The Bertz CT molecular complexity index is 1050. The Morgan fingerprint density at radius 2 is 1.75 bits per heavy atom. The quantitative estimate of drug-likeness (QED) is 0.602. The molecule has 1 atom stereocenters. The first kappa shape index (κ1) is 22.9. The van der Waals surface area contributed by atoms with Crippen LogP contribution in [0.5, 0.6) is 5.75 Å². The number of carbonyl (C=O) groups is 2. The number of benzene rings is 2. The molecule has 32 heavy (non-hydrogen) atoms. The summed E-state index contributed by atoms with van der Waals surface area (Å²) in [6.45, 7) is 9.29. The summed E-state index contributed by atoms with van der Waals surface area (Å²) in [7, 11) is 0. The van der Waals surface area contributed by atoms with Gasteiger partial charge in [0, 0.05) is 23.4 Å². The predicted octanol–water partition coefficient (Wildman–Crippen LogP) is 5.33. The molecule has 0 aliphatic carbocycles. The van der Waals surface area contributed by atoms with Crippen molar-refractivity contribution in [3.05, 3.63) is 53.6 Å². The van der Waals surface area contributed by atoms with E-state index in [0.29, 0.717) is 29.1 Å². The van der Waals surface area contributed by atoms with E-state index in [0.717, 1.165) is 5.56 Å². The molecule has 8 heteroatoms. The van der Waals surface area contributed by atoms with E-state index in [1.165, 1.54) is 0 Å². The van der Waals surface area contributed by atoms with Crippen LogP contribution in [0, 0.1) is 11.3 Å². The topological polar surface area (TPSA) is 112 Å². The summed E-state index contributed by atoms with van der Waals surface area (Å²) >= 11 is 0.